The molecule has 1 aliphatic heterocycles. The Kier molecular flexibility index (Phi) is 6.15. The molecule has 0 unspecified atom stereocenters. The predicted octanol–water partition coefficient (Wildman–Crippen LogP) is 5.63. The highest BCUT2D eigenvalue weighted by Crippen LogP contribution is 2.32. The van der Waals surface area contributed by atoms with E-state index in [4.69, 9.17) is 23.2 Å². The zero-order valence-corrected chi connectivity index (χ0v) is 19.8. The fourth-order valence-electron chi connectivity index (χ4n) is 3.91. The van der Waals surface area contributed by atoms with Crippen LogP contribution in [0.3, 0.4) is 0 Å². The molecule has 2 aromatic carbocycles. The van der Waals surface area contributed by atoms with Gasteiger partial charge in [-0.25, -0.2) is 9.69 Å². The highest BCUT2D eigenvalue weighted by molar-refractivity contribution is 6.42. The molecule has 1 N–H and O–H groups in total. The van der Waals surface area contributed by atoms with E-state index >= 15 is 0 Å². The summed E-state index contributed by atoms with van der Waals surface area (Å²) in [5.41, 5.74) is 4.70. The number of amides is 4. The van der Waals surface area contributed by atoms with Crippen molar-refractivity contribution in [3.63, 3.8) is 0 Å². The van der Waals surface area contributed by atoms with Gasteiger partial charge in [-0.2, -0.15) is 0 Å². The van der Waals surface area contributed by atoms with Crippen molar-refractivity contribution in [1.82, 2.24) is 9.88 Å². The van der Waals surface area contributed by atoms with Gasteiger partial charge in [0.15, 0.2) is 0 Å². The zero-order chi connectivity index (χ0) is 23.9. The van der Waals surface area contributed by atoms with E-state index < -0.39 is 17.8 Å². The lowest BCUT2D eigenvalue weighted by atomic mass is 10.1. The average molecular weight is 482 g/mol. The van der Waals surface area contributed by atoms with Gasteiger partial charge in [0, 0.05) is 22.1 Å². The second kappa shape index (κ2) is 8.89. The van der Waals surface area contributed by atoms with E-state index in [1.54, 1.807) is 0 Å². The van der Waals surface area contributed by atoms with Crippen LogP contribution in [0.4, 0.5) is 10.5 Å². The smallest absolute Gasteiger partial charge is 0.318 e. The number of rotatable bonds is 4. The summed E-state index contributed by atoms with van der Waals surface area (Å²) in [4.78, 5) is 39.1. The summed E-state index contributed by atoms with van der Waals surface area (Å²) in [5, 5.41) is 2.70. The third kappa shape index (κ3) is 4.19. The zero-order valence-electron chi connectivity index (χ0n) is 18.3. The van der Waals surface area contributed by atoms with Crippen molar-refractivity contribution in [2.45, 2.75) is 27.2 Å². The van der Waals surface area contributed by atoms with E-state index in [9.17, 15) is 14.4 Å². The Labute approximate surface area is 201 Å². The molecule has 2 heterocycles. The molecule has 1 aliphatic rings. The first kappa shape index (κ1) is 22.8. The lowest BCUT2D eigenvalue weighted by Crippen LogP contribution is -2.54. The molecule has 6 nitrogen and oxygen atoms in total. The molecule has 1 fully saturated rings. The highest BCUT2D eigenvalue weighted by Gasteiger charge is 2.38. The molecule has 1 saturated heterocycles. The SMILES string of the molecule is CCc1ccc(-n2c(C)cc(/C=C3\C(=O)NC(=O)N(c4ccc(Cl)cc4Cl)C3=O)c2C)cc1. The third-order valence-corrected chi connectivity index (χ3v) is 6.16. The minimum atomic E-state index is -0.868. The van der Waals surface area contributed by atoms with E-state index in [0.29, 0.717) is 10.6 Å². The number of imide groups is 2. The van der Waals surface area contributed by atoms with Gasteiger partial charge in [-0.15, -0.1) is 0 Å². The molecule has 0 aliphatic carbocycles. The standard InChI is InChI=1S/C25H21Cl2N3O3/c1-4-16-5-8-19(9-6-16)29-14(2)11-17(15(29)3)12-20-23(31)28-25(33)30(24(20)32)22-10-7-18(26)13-21(22)27/h5-13H,4H2,1-3H3,(H,28,31,33)/b20-12+. The number of aromatic nitrogens is 1. The van der Waals surface area contributed by atoms with Crippen LogP contribution < -0.4 is 10.2 Å². The van der Waals surface area contributed by atoms with Crippen LogP contribution >= 0.6 is 23.2 Å². The number of anilines is 1. The molecule has 3 aromatic rings. The van der Waals surface area contributed by atoms with Gasteiger partial charge in [0.05, 0.1) is 10.7 Å². The van der Waals surface area contributed by atoms with Crippen LogP contribution in [0.15, 0.2) is 54.1 Å². The summed E-state index contributed by atoms with van der Waals surface area (Å²) in [6.45, 7) is 5.97. The second-order valence-corrected chi connectivity index (χ2v) is 8.58. The first-order valence-electron chi connectivity index (χ1n) is 10.4. The van der Waals surface area contributed by atoms with Crippen LogP contribution in [0, 0.1) is 13.8 Å². The van der Waals surface area contributed by atoms with Crippen molar-refractivity contribution >= 4 is 52.8 Å². The summed E-state index contributed by atoms with van der Waals surface area (Å²) in [7, 11) is 0. The number of hydrogen-bond acceptors (Lipinski definition) is 3. The summed E-state index contributed by atoms with van der Waals surface area (Å²) in [6, 6.07) is 13.7. The van der Waals surface area contributed by atoms with E-state index in [0.717, 1.165) is 28.4 Å². The number of nitrogens with zero attached hydrogens (tertiary/aromatic N) is 2. The maximum Gasteiger partial charge on any atom is 0.335 e. The fourth-order valence-corrected chi connectivity index (χ4v) is 4.40. The van der Waals surface area contributed by atoms with Crippen LogP contribution in [-0.2, 0) is 16.0 Å². The Bertz CT molecular complexity index is 1320. The molecule has 4 amide bonds. The third-order valence-electron chi connectivity index (χ3n) is 5.63. The van der Waals surface area contributed by atoms with Crippen molar-refractivity contribution in [2.75, 3.05) is 4.90 Å². The molecule has 168 valence electrons. The van der Waals surface area contributed by atoms with Crippen LogP contribution in [-0.4, -0.2) is 22.4 Å². The maximum atomic E-state index is 13.2. The van der Waals surface area contributed by atoms with Crippen molar-refractivity contribution in [3.8, 4) is 5.69 Å². The Morgan fingerprint density at radius 3 is 2.30 bits per heavy atom. The lowest BCUT2D eigenvalue weighted by Gasteiger charge is -2.27. The first-order chi connectivity index (χ1) is 15.7. The topological polar surface area (TPSA) is 71.4 Å². The Morgan fingerprint density at radius 2 is 1.67 bits per heavy atom. The van der Waals surface area contributed by atoms with Crippen molar-refractivity contribution in [2.24, 2.45) is 0 Å². The molecule has 0 saturated carbocycles. The molecular weight excluding hydrogens is 461 g/mol. The van der Waals surface area contributed by atoms with Gasteiger partial charge in [0.2, 0.25) is 0 Å². The number of halogens is 2. The van der Waals surface area contributed by atoms with E-state index in [1.165, 1.54) is 29.8 Å². The Hall–Kier alpha value is -3.35. The predicted molar refractivity (Wildman–Crippen MR) is 130 cm³/mol. The van der Waals surface area contributed by atoms with Gasteiger partial charge in [0.25, 0.3) is 11.8 Å². The number of carbonyl (C=O) groups excluding carboxylic acids is 3. The summed E-state index contributed by atoms with van der Waals surface area (Å²) in [6.07, 6.45) is 2.45. The molecule has 33 heavy (non-hydrogen) atoms. The number of aryl methyl sites for hydroxylation is 2. The molecule has 4 rings (SSSR count). The van der Waals surface area contributed by atoms with Gasteiger partial charge in [-0.05, 0) is 73.9 Å². The molecule has 0 spiro atoms. The number of benzene rings is 2. The quantitative estimate of drug-likeness (QED) is 0.387. The largest absolute Gasteiger partial charge is 0.335 e. The second-order valence-electron chi connectivity index (χ2n) is 7.74. The Balaban J connectivity index is 1.75. The van der Waals surface area contributed by atoms with Gasteiger partial charge >= 0.3 is 6.03 Å². The molecule has 1 aromatic heterocycles. The number of carbonyl (C=O) groups is 3. The van der Waals surface area contributed by atoms with Crippen molar-refractivity contribution < 1.29 is 14.4 Å². The van der Waals surface area contributed by atoms with Crippen LogP contribution in [0.2, 0.25) is 10.0 Å². The van der Waals surface area contributed by atoms with Crippen molar-refractivity contribution in [1.29, 1.82) is 0 Å². The minimum Gasteiger partial charge on any atom is -0.318 e. The summed E-state index contributed by atoms with van der Waals surface area (Å²) < 4.78 is 2.05. The van der Waals surface area contributed by atoms with Gasteiger partial charge < -0.3 is 4.57 Å². The number of urea groups is 1. The molecule has 0 radical (unpaired) electrons. The molecule has 0 atom stereocenters. The highest BCUT2D eigenvalue weighted by atomic mass is 35.5. The van der Waals surface area contributed by atoms with Gasteiger partial charge in [-0.3, -0.25) is 14.9 Å². The number of hydrogen-bond donors (Lipinski definition) is 1. The summed E-state index contributed by atoms with van der Waals surface area (Å²) >= 11 is 12.1. The van der Waals surface area contributed by atoms with Crippen LogP contribution in [0.1, 0.15) is 29.4 Å². The van der Waals surface area contributed by atoms with E-state index in [1.807, 2.05) is 32.0 Å². The summed E-state index contributed by atoms with van der Waals surface area (Å²) in [5.74, 6) is -1.52. The number of barbiturate groups is 1. The molecular formula is C25H21Cl2N3O3. The Morgan fingerprint density at radius 1 is 0.970 bits per heavy atom. The fraction of sp³-hybridized carbons (Fsp3) is 0.160. The minimum absolute atomic E-state index is 0.119. The first-order valence-corrected chi connectivity index (χ1v) is 11.1. The molecule has 8 heteroatoms. The van der Waals surface area contributed by atoms with E-state index in [2.05, 4.69) is 28.9 Å². The molecule has 0 bridgehead atoms. The monoisotopic (exact) mass is 481 g/mol. The normalized spacial score (nSPS) is 15.4. The number of nitrogens with one attached hydrogen (secondary N) is 1. The van der Waals surface area contributed by atoms with Crippen LogP contribution in [0.25, 0.3) is 11.8 Å². The van der Waals surface area contributed by atoms with Crippen molar-refractivity contribution in [3.05, 3.63) is 86.7 Å². The average Bonchev–Trinajstić information content (AvgIpc) is 3.05. The van der Waals surface area contributed by atoms with Gasteiger partial charge in [-0.1, -0.05) is 42.3 Å². The van der Waals surface area contributed by atoms with E-state index in [-0.39, 0.29) is 16.3 Å². The lowest BCUT2D eigenvalue weighted by molar-refractivity contribution is -0.122. The van der Waals surface area contributed by atoms with Crippen LogP contribution in [0.5, 0.6) is 0 Å². The maximum absolute atomic E-state index is 13.2. The van der Waals surface area contributed by atoms with Gasteiger partial charge in [0.1, 0.15) is 5.57 Å².